The maximum Gasteiger partial charge on any atom is 0.126 e. The Hall–Kier alpha value is -0.450. The van der Waals surface area contributed by atoms with Gasteiger partial charge in [0.05, 0.1) is 6.10 Å². The molecule has 1 aromatic carbocycles. The van der Waals surface area contributed by atoms with Crippen LogP contribution in [0.3, 0.4) is 0 Å². The molecule has 0 spiro atoms. The summed E-state index contributed by atoms with van der Waals surface area (Å²) in [6.07, 6.45) is -0.300. The summed E-state index contributed by atoms with van der Waals surface area (Å²) in [7, 11) is 0. The highest BCUT2D eigenvalue weighted by Crippen LogP contribution is 2.24. The Morgan fingerprint density at radius 1 is 1.32 bits per heavy atom. The average molecular weight is 332 g/mol. The molecule has 0 aliphatic carbocycles. The molecule has 0 aliphatic rings. The van der Waals surface area contributed by atoms with Crippen molar-refractivity contribution in [2.75, 3.05) is 13.1 Å². The van der Waals surface area contributed by atoms with Crippen LogP contribution in [0.4, 0.5) is 4.39 Å². The molecule has 0 fully saturated rings. The van der Waals surface area contributed by atoms with E-state index < -0.39 is 6.10 Å². The Labute approximate surface area is 123 Å². The lowest BCUT2D eigenvalue weighted by atomic mass is 9.89. The van der Waals surface area contributed by atoms with Gasteiger partial charge in [0.1, 0.15) is 5.82 Å². The zero-order valence-electron chi connectivity index (χ0n) is 12.1. The monoisotopic (exact) mass is 331 g/mol. The molecule has 0 saturated carbocycles. The van der Waals surface area contributed by atoms with E-state index in [1.807, 2.05) is 13.8 Å². The van der Waals surface area contributed by atoms with Crippen LogP contribution >= 0.6 is 15.9 Å². The maximum atomic E-state index is 13.7. The summed E-state index contributed by atoms with van der Waals surface area (Å²) in [4.78, 5) is 2.19. The molecule has 19 heavy (non-hydrogen) atoms. The van der Waals surface area contributed by atoms with Crippen molar-refractivity contribution in [3.8, 4) is 0 Å². The first kappa shape index (κ1) is 16.6. The van der Waals surface area contributed by atoms with Gasteiger partial charge in [0, 0.05) is 16.4 Å². The molecule has 108 valence electrons. The Morgan fingerprint density at radius 3 is 2.42 bits per heavy atom. The Bertz CT molecular complexity index is 419. The first-order chi connectivity index (χ1) is 8.82. The second-order valence-corrected chi connectivity index (χ2v) is 6.20. The van der Waals surface area contributed by atoms with Crippen LogP contribution in [0.15, 0.2) is 22.7 Å². The van der Waals surface area contributed by atoms with Crippen LogP contribution in [0, 0.1) is 5.82 Å². The molecule has 1 atom stereocenters. The lowest BCUT2D eigenvalue weighted by Crippen LogP contribution is -2.53. The number of halogens is 2. The van der Waals surface area contributed by atoms with Crippen LogP contribution in [0.1, 0.15) is 33.3 Å². The van der Waals surface area contributed by atoms with Crippen molar-refractivity contribution in [1.29, 1.82) is 0 Å². The van der Waals surface area contributed by atoms with E-state index in [9.17, 15) is 9.50 Å². The molecule has 1 N–H and O–H groups in total. The molecule has 4 heteroatoms. The molecule has 1 rings (SSSR count). The van der Waals surface area contributed by atoms with Crippen LogP contribution in [0.2, 0.25) is 0 Å². The van der Waals surface area contributed by atoms with E-state index in [1.165, 1.54) is 6.07 Å². The third-order valence-corrected chi connectivity index (χ3v) is 4.31. The summed E-state index contributed by atoms with van der Waals surface area (Å²) in [6.45, 7) is 9.86. The van der Waals surface area contributed by atoms with Gasteiger partial charge >= 0.3 is 0 Å². The van der Waals surface area contributed by atoms with Gasteiger partial charge in [-0.1, -0.05) is 29.8 Å². The molecule has 0 bridgehead atoms. The van der Waals surface area contributed by atoms with E-state index in [4.69, 9.17) is 0 Å². The smallest absolute Gasteiger partial charge is 0.126 e. The van der Waals surface area contributed by atoms with Crippen molar-refractivity contribution in [1.82, 2.24) is 4.90 Å². The van der Waals surface area contributed by atoms with E-state index in [1.54, 1.807) is 12.1 Å². The van der Waals surface area contributed by atoms with E-state index in [-0.39, 0.29) is 11.4 Å². The highest BCUT2D eigenvalue weighted by molar-refractivity contribution is 9.10. The second kappa shape index (κ2) is 6.82. The molecule has 0 aliphatic heterocycles. The minimum atomic E-state index is -0.615. The number of hydrogen-bond acceptors (Lipinski definition) is 2. The first-order valence-corrected chi connectivity index (χ1v) is 7.49. The summed E-state index contributed by atoms with van der Waals surface area (Å²) in [5.41, 5.74) is 0.167. The van der Waals surface area contributed by atoms with Crippen molar-refractivity contribution in [2.45, 2.75) is 45.8 Å². The van der Waals surface area contributed by atoms with Gasteiger partial charge in [-0.25, -0.2) is 4.39 Å². The van der Waals surface area contributed by atoms with Gasteiger partial charge in [-0.3, -0.25) is 4.90 Å². The Balaban J connectivity index is 2.89. The zero-order chi connectivity index (χ0) is 14.6. The molecule has 1 aromatic rings. The van der Waals surface area contributed by atoms with E-state index in [0.717, 1.165) is 17.6 Å². The molecular formula is C15H23BrFNO. The van der Waals surface area contributed by atoms with Gasteiger partial charge in [0.15, 0.2) is 0 Å². The SMILES string of the molecule is CCN(CC)C(C)(C)C(O)Cc1cc(Br)ccc1F. The fourth-order valence-electron chi connectivity index (χ4n) is 2.41. The predicted molar refractivity (Wildman–Crippen MR) is 80.8 cm³/mol. The Morgan fingerprint density at radius 2 is 1.89 bits per heavy atom. The normalized spacial score (nSPS) is 13.9. The summed E-state index contributed by atoms with van der Waals surface area (Å²) in [5.74, 6) is -0.266. The highest BCUT2D eigenvalue weighted by Gasteiger charge is 2.33. The summed E-state index contributed by atoms with van der Waals surface area (Å²) >= 11 is 3.33. The van der Waals surface area contributed by atoms with Crippen molar-refractivity contribution in [3.63, 3.8) is 0 Å². The third kappa shape index (κ3) is 4.01. The predicted octanol–water partition coefficient (Wildman–Crippen LogP) is 3.61. The molecule has 1 unspecified atom stereocenters. The van der Waals surface area contributed by atoms with Crippen LogP contribution in [0.25, 0.3) is 0 Å². The van der Waals surface area contributed by atoms with Gasteiger partial charge in [-0.2, -0.15) is 0 Å². The molecule has 0 amide bonds. The zero-order valence-corrected chi connectivity index (χ0v) is 13.7. The van der Waals surface area contributed by atoms with Gasteiger partial charge < -0.3 is 5.11 Å². The topological polar surface area (TPSA) is 23.5 Å². The number of likely N-dealkylation sites (N-methyl/N-ethyl adjacent to an activating group) is 1. The quantitative estimate of drug-likeness (QED) is 0.860. The lowest BCUT2D eigenvalue weighted by Gasteiger charge is -2.41. The number of aliphatic hydroxyl groups is 1. The summed E-state index contributed by atoms with van der Waals surface area (Å²) in [6, 6.07) is 4.83. The molecular weight excluding hydrogens is 309 g/mol. The first-order valence-electron chi connectivity index (χ1n) is 6.69. The van der Waals surface area contributed by atoms with Gasteiger partial charge in [0.25, 0.3) is 0 Å². The standard InChI is InChI=1S/C15H23BrFNO/c1-5-18(6-2)15(3,4)14(19)10-11-9-12(16)7-8-13(11)17/h7-9,14,19H,5-6,10H2,1-4H3. The number of aliphatic hydroxyl groups excluding tert-OH is 1. The van der Waals surface area contributed by atoms with Crippen molar-refractivity contribution in [3.05, 3.63) is 34.1 Å². The van der Waals surface area contributed by atoms with Crippen molar-refractivity contribution < 1.29 is 9.50 Å². The summed E-state index contributed by atoms with van der Waals surface area (Å²) < 4.78 is 14.6. The molecule has 0 radical (unpaired) electrons. The van der Waals surface area contributed by atoms with Crippen LogP contribution in [0.5, 0.6) is 0 Å². The van der Waals surface area contributed by atoms with Crippen molar-refractivity contribution in [2.24, 2.45) is 0 Å². The van der Waals surface area contributed by atoms with E-state index >= 15 is 0 Å². The molecule has 0 aromatic heterocycles. The fourth-order valence-corrected chi connectivity index (χ4v) is 2.82. The van der Waals surface area contributed by atoms with Gasteiger partial charge in [-0.05, 0) is 50.7 Å². The second-order valence-electron chi connectivity index (χ2n) is 5.28. The lowest BCUT2D eigenvalue weighted by molar-refractivity contribution is -0.00455. The minimum absolute atomic E-state index is 0.266. The fraction of sp³-hybridized carbons (Fsp3) is 0.600. The van der Waals surface area contributed by atoms with Crippen LogP contribution < -0.4 is 0 Å². The number of rotatable bonds is 6. The largest absolute Gasteiger partial charge is 0.391 e. The number of hydrogen-bond donors (Lipinski definition) is 1. The van der Waals surface area contributed by atoms with E-state index in [2.05, 4.69) is 34.7 Å². The summed E-state index contributed by atoms with van der Waals surface area (Å²) in [5, 5.41) is 10.5. The van der Waals surface area contributed by atoms with E-state index in [0.29, 0.717) is 12.0 Å². The van der Waals surface area contributed by atoms with Crippen LogP contribution in [-0.4, -0.2) is 34.7 Å². The molecule has 2 nitrogen and oxygen atoms in total. The third-order valence-electron chi connectivity index (χ3n) is 3.81. The van der Waals surface area contributed by atoms with Crippen LogP contribution in [-0.2, 0) is 6.42 Å². The van der Waals surface area contributed by atoms with Gasteiger partial charge in [0.2, 0.25) is 0 Å². The molecule has 0 saturated heterocycles. The van der Waals surface area contributed by atoms with Gasteiger partial charge in [-0.15, -0.1) is 0 Å². The number of nitrogens with zero attached hydrogens (tertiary/aromatic N) is 1. The minimum Gasteiger partial charge on any atom is -0.391 e. The molecule has 0 heterocycles. The average Bonchev–Trinajstić information content (AvgIpc) is 2.35. The number of benzene rings is 1. The highest BCUT2D eigenvalue weighted by atomic mass is 79.9. The maximum absolute atomic E-state index is 13.7. The van der Waals surface area contributed by atoms with Crippen molar-refractivity contribution >= 4 is 15.9 Å². The Kier molecular flexibility index (Phi) is 5.96.